The molecule has 3 aromatic rings. The van der Waals surface area contributed by atoms with E-state index in [1.165, 1.54) is 0 Å². The molecule has 26 heavy (non-hydrogen) atoms. The number of benzene rings is 2. The number of nitrogens with zero attached hydrogens (tertiary/aromatic N) is 2. The molecule has 1 N–H and O–H groups in total. The van der Waals surface area contributed by atoms with Crippen molar-refractivity contribution < 1.29 is 9.53 Å². The Balaban J connectivity index is 1.65. The van der Waals surface area contributed by atoms with Gasteiger partial charge in [-0.05, 0) is 37.6 Å². The predicted octanol–water partition coefficient (Wildman–Crippen LogP) is 3.61. The molecule has 134 valence electrons. The smallest absolute Gasteiger partial charge is 0.225 e. The highest BCUT2D eigenvalue weighted by Gasteiger charge is 2.13. The van der Waals surface area contributed by atoms with Gasteiger partial charge in [0.2, 0.25) is 5.91 Å². The van der Waals surface area contributed by atoms with E-state index >= 15 is 0 Å². The van der Waals surface area contributed by atoms with Crippen molar-refractivity contribution in [1.82, 2.24) is 14.9 Å². The van der Waals surface area contributed by atoms with Crippen LogP contribution in [-0.4, -0.2) is 22.6 Å². The zero-order valence-corrected chi connectivity index (χ0v) is 15.3. The maximum absolute atomic E-state index is 12.5. The van der Waals surface area contributed by atoms with Crippen molar-refractivity contribution in [3.05, 3.63) is 77.9 Å². The highest BCUT2D eigenvalue weighted by molar-refractivity contribution is 5.79. The second-order valence-corrected chi connectivity index (χ2v) is 6.34. The molecule has 1 amide bonds. The van der Waals surface area contributed by atoms with Crippen LogP contribution in [0.1, 0.15) is 29.7 Å². The van der Waals surface area contributed by atoms with Gasteiger partial charge >= 0.3 is 0 Å². The average molecular weight is 349 g/mol. The Kier molecular flexibility index (Phi) is 5.37. The molecule has 5 heteroatoms. The number of aryl methyl sites for hydroxylation is 1. The van der Waals surface area contributed by atoms with Gasteiger partial charge in [-0.25, -0.2) is 4.98 Å². The van der Waals surface area contributed by atoms with Crippen molar-refractivity contribution in [3.63, 3.8) is 0 Å². The average Bonchev–Trinajstić information content (AvgIpc) is 3.16. The lowest BCUT2D eigenvalue weighted by Gasteiger charge is -2.16. The summed E-state index contributed by atoms with van der Waals surface area (Å²) in [4.78, 5) is 16.5. The van der Waals surface area contributed by atoms with Gasteiger partial charge in [0.05, 0.1) is 25.9 Å². The first-order valence-electron chi connectivity index (χ1n) is 8.58. The van der Waals surface area contributed by atoms with Gasteiger partial charge in [-0.3, -0.25) is 4.79 Å². The summed E-state index contributed by atoms with van der Waals surface area (Å²) in [6.07, 6.45) is 5.70. The third kappa shape index (κ3) is 4.11. The lowest BCUT2D eigenvalue weighted by molar-refractivity contribution is -0.121. The number of nitrogens with one attached hydrogen (secondary N) is 1. The molecule has 2 aromatic carbocycles. The van der Waals surface area contributed by atoms with Gasteiger partial charge in [0.15, 0.2) is 0 Å². The number of carbonyl (C=O) groups excluding carboxylic acids is 1. The summed E-state index contributed by atoms with van der Waals surface area (Å²) in [6.45, 7) is 3.99. The van der Waals surface area contributed by atoms with Gasteiger partial charge in [-0.1, -0.05) is 29.8 Å². The number of aromatic nitrogens is 2. The van der Waals surface area contributed by atoms with Gasteiger partial charge in [-0.15, -0.1) is 0 Å². The maximum atomic E-state index is 12.5. The van der Waals surface area contributed by atoms with Crippen LogP contribution < -0.4 is 10.1 Å². The number of hydrogen-bond acceptors (Lipinski definition) is 3. The lowest BCUT2D eigenvalue weighted by Crippen LogP contribution is -2.28. The van der Waals surface area contributed by atoms with Gasteiger partial charge in [0.25, 0.3) is 0 Å². The van der Waals surface area contributed by atoms with Crippen molar-refractivity contribution in [2.45, 2.75) is 26.3 Å². The van der Waals surface area contributed by atoms with E-state index in [4.69, 9.17) is 4.74 Å². The normalized spacial score (nSPS) is 11.8. The summed E-state index contributed by atoms with van der Waals surface area (Å²) in [7, 11) is 1.62. The molecule has 1 atom stereocenters. The molecule has 0 spiro atoms. The van der Waals surface area contributed by atoms with E-state index in [0.29, 0.717) is 6.42 Å². The minimum atomic E-state index is -0.0739. The van der Waals surface area contributed by atoms with Crippen molar-refractivity contribution in [2.75, 3.05) is 7.11 Å². The SMILES string of the molecule is COc1ccc(C)cc1CC(=O)N[C@@H](C)c1ccc(-n2ccnc2)cc1. The molecule has 0 bridgehead atoms. The fraction of sp³-hybridized carbons (Fsp3) is 0.238. The molecule has 1 heterocycles. The van der Waals surface area contributed by atoms with E-state index in [2.05, 4.69) is 10.3 Å². The molecule has 0 fully saturated rings. The van der Waals surface area contributed by atoms with Gasteiger partial charge < -0.3 is 14.6 Å². The van der Waals surface area contributed by atoms with E-state index in [1.807, 2.05) is 67.1 Å². The molecular weight excluding hydrogens is 326 g/mol. The minimum Gasteiger partial charge on any atom is -0.496 e. The Morgan fingerprint density at radius 2 is 2.00 bits per heavy atom. The van der Waals surface area contributed by atoms with Crippen LogP contribution in [0.3, 0.4) is 0 Å². The quantitative estimate of drug-likeness (QED) is 0.740. The van der Waals surface area contributed by atoms with E-state index < -0.39 is 0 Å². The summed E-state index contributed by atoms with van der Waals surface area (Å²) in [5.74, 6) is 0.711. The van der Waals surface area contributed by atoms with Crippen LogP contribution in [0, 0.1) is 6.92 Å². The Labute approximate surface area is 153 Å². The Bertz CT molecular complexity index is 871. The Morgan fingerprint density at radius 3 is 2.65 bits per heavy atom. The predicted molar refractivity (Wildman–Crippen MR) is 102 cm³/mol. The summed E-state index contributed by atoms with van der Waals surface area (Å²) < 4.78 is 7.29. The summed E-state index contributed by atoms with van der Waals surface area (Å²) in [5, 5.41) is 3.06. The van der Waals surface area contributed by atoms with Crippen LogP contribution in [-0.2, 0) is 11.2 Å². The molecule has 0 unspecified atom stereocenters. The number of hydrogen-bond donors (Lipinski definition) is 1. The number of carbonyl (C=O) groups is 1. The zero-order chi connectivity index (χ0) is 18.5. The Morgan fingerprint density at radius 1 is 1.23 bits per heavy atom. The van der Waals surface area contributed by atoms with Crippen LogP contribution >= 0.6 is 0 Å². The molecule has 0 aliphatic rings. The molecule has 5 nitrogen and oxygen atoms in total. The highest BCUT2D eigenvalue weighted by Crippen LogP contribution is 2.21. The third-order valence-electron chi connectivity index (χ3n) is 4.36. The van der Waals surface area contributed by atoms with Crippen LogP contribution in [0.15, 0.2) is 61.2 Å². The topological polar surface area (TPSA) is 56.1 Å². The maximum Gasteiger partial charge on any atom is 0.225 e. The largest absolute Gasteiger partial charge is 0.496 e. The van der Waals surface area contributed by atoms with Crippen molar-refractivity contribution in [2.24, 2.45) is 0 Å². The number of rotatable bonds is 6. The van der Waals surface area contributed by atoms with Crippen LogP contribution in [0.25, 0.3) is 5.69 Å². The van der Waals surface area contributed by atoms with Gasteiger partial charge in [0.1, 0.15) is 5.75 Å². The number of imidazole rings is 1. The fourth-order valence-electron chi connectivity index (χ4n) is 2.94. The van der Waals surface area contributed by atoms with Crippen LogP contribution in [0.4, 0.5) is 0 Å². The molecule has 1 aromatic heterocycles. The third-order valence-corrected chi connectivity index (χ3v) is 4.36. The van der Waals surface area contributed by atoms with E-state index in [0.717, 1.165) is 28.1 Å². The summed E-state index contributed by atoms with van der Waals surface area (Å²) >= 11 is 0. The Hall–Kier alpha value is -3.08. The second kappa shape index (κ2) is 7.87. The van der Waals surface area contributed by atoms with E-state index in [1.54, 1.807) is 19.6 Å². The van der Waals surface area contributed by atoms with E-state index in [-0.39, 0.29) is 11.9 Å². The van der Waals surface area contributed by atoms with Gasteiger partial charge in [0, 0.05) is 23.6 Å². The standard InChI is InChI=1S/C21H23N3O2/c1-15-4-9-20(26-3)18(12-15)13-21(25)23-16(2)17-5-7-19(8-6-17)24-11-10-22-14-24/h4-12,14,16H,13H2,1-3H3,(H,23,25)/t16-/m0/s1. The van der Waals surface area contributed by atoms with Crippen molar-refractivity contribution in [1.29, 1.82) is 0 Å². The van der Waals surface area contributed by atoms with Crippen LogP contribution in [0.2, 0.25) is 0 Å². The molecule has 3 rings (SSSR count). The fourth-order valence-corrected chi connectivity index (χ4v) is 2.94. The number of amides is 1. The molecule has 0 saturated carbocycles. The summed E-state index contributed by atoms with van der Waals surface area (Å²) in [5.41, 5.74) is 4.09. The molecule has 0 aliphatic carbocycles. The molecule has 0 aliphatic heterocycles. The minimum absolute atomic E-state index is 0.0277. The lowest BCUT2D eigenvalue weighted by atomic mass is 10.1. The van der Waals surface area contributed by atoms with E-state index in [9.17, 15) is 4.79 Å². The molecular formula is C21H23N3O2. The number of ether oxygens (including phenoxy) is 1. The molecule has 0 radical (unpaired) electrons. The first kappa shape index (κ1) is 17.7. The van der Waals surface area contributed by atoms with Crippen molar-refractivity contribution >= 4 is 5.91 Å². The van der Waals surface area contributed by atoms with Crippen LogP contribution in [0.5, 0.6) is 5.75 Å². The number of methoxy groups -OCH3 is 1. The second-order valence-electron chi connectivity index (χ2n) is 6.34. The first-order chi connectivity index (χ1) is 12.6. The summed E-state index contributed by atoms with van der Waals surface area (Å²) in [6, 6.07) is 13.9. The molecule has 0 saturated heterocycles. The highest BCUT2D eigenvalue weighted by atomic mass is 16.5. The first-order valence-corrected chi connectivity index (χ1v) is 8.58. The van der Waals surface area contributed by atoms with Crippen molar-refractivity contribution in [3.8, 4) is 11.4 Å². The monoisotopic (exact) mass is 349 g/mol. The zero-order valence-electron chi connectivity index (χ0n) is 15.3. The van der Waals surface area contributed by atoms with Gasteiger partial charge in [-0.2, -0.15) is 0 Å².